The highest BCUT2D eigenvalue weighted by atomic mass is 16.5. The number of hydrogen-bond donors (Lipinski definition) is 1. The minimum absolute atomic E-state index is 0.226. The molecule has 1 N–H and O–H groups in total. The maximum Gasteiger partial charge on any atom is 0.0465 e. The Hall–Kier alpha value is -0.340. The molecule has 0 radical (unpaired) electrons. The summed E-state index contributed by atoms with van der Waals surface area (Å²) in [6, 6.07) is 0. The van der Waals surface area contributed by atoms with Gasteiger partial charge in [0.05, 0.1) is 0 Å². The molecule has 2 heteroatoms. The summed E-state index contributed by atoms with van der Waals surface area (Å²) in [4.78, 5) is 0. The second kappa shape index (κ2) is 18.4. The van der Waals surface area contributed by atoms with Crippen molar-refractivity contribution in [2.75, 3.05) is 19.8 Å². The Morgan fingerprint density at radius 1 is 1.14 bits per heavy atom. The quantitative estimate of drug-likeness (QED) is 0.484. The average Bonchev–Trinajstić information content (AvgIpc) is 2.20. The molecule has 0 atom stereocenters. The summed E-state index contributed by atoms with van der Waals surface area (Å²) in [5.74, 6) is 0. The van der Waals surface area contributed by atoms with Gasteiger partial charge in [0, 0.05) is 19.8 Å². The minimum Gasteiger partial charge on any atom is -0.396 e. The van der Waals surface area contributed by atoms with Crippen molar-refractivity contribution in [1.82, 2.24) is 0 Å². The molecule has 0 amide bonds. The summed E-state index contributed by atoms with van der Waals surface area (Å²) in [5, 5.41) is 8.00. The van der Waals surface area contributed by atoms with Crippen molar-refractivity contribution in [2.24, 2.45) is 0 Å². The number of aliphatic hydroxyl groups is 1. The van der Waals surface area contributed by atoms with E-state index in [1.54, 1.807) is 6.08 Å². The minimum atomic E-state index is 0.226. The lowest BCUT2D eigenvalue weighted by molar-refractivity contribution is 0.128. The van der Waals surface area contributed by atoms with E-state index in [4.69, 9.17) is 9.84 Å². The van der Waals surface area contributed by atoms with Crippen LogP contribution in [0.15, 0.2) is 12.7 Å². The molecule has 0 fully saturated rings. The second-order valence-corrected chi connectivity index (χ2v) is 3.12. The van der Waals surface area contributed by atoms with Crippen LogP contribution in [-0.4, -0.2) is 24.9 Å². The zero-order chi connectivity index (χ0) is 11.1. The van der Waals surface area contributed by atoms with E-state index in [1.165, 1.54) is 25.7 Å². The second-order valence-electron chi connectivity index (χ2n) is 3.12. The first kappa shape index (κ1) is 16.1. The summed E-state index contributed by atoms with van der Waals surface area (Å²) >= 11 is 0. The van der Waals surface area contributed by atoms with Gasteiger partial charge in [-0.3, -0.25) is 0 Å². The fraction of sp³-hybridized carbons (Fsp3) is 0.833. The molecular formula is C12H26O2. The first-order valence-corrected chi connectivity index (χ1v) is 5.62. The summed E-state index contributed by atoms with van der Waals surface area (Å²) in [7, 11) is 0. The highest BCUT2D eigenvalue weighted by Crippen LogP contribution is 1.91. The molecule has 0 aromatic heterocycles. The SMILES string of the molecule is C=CCCO.CCCCOCCCC. The number of unbranched alkanes of at least 4 members (excludes halogenated alkanes) is 2. The molecule has 0 aliphatic heterocycles. The van der Waals surface area contributed by atoms with Gasteiger partial charge >= 0.3 is 0 Å². The molecule has 0 aliphatic carbocycles. The van der Waals surface area contributed by atoms with Crippen molar-refractivity contribution < 1.29 is 9.84 Å². The van der Waals surface area contributed by atoms with E-state index in [9.17, 15) is 0 Å². The van der Waals surface area contributed by atoms with Crippen molar-refractivity contribution in [3.63, 3.8) is 0 Å². The van der Waals surface area contributed by atoms with Gasteiger partial charge in [-0.05, 0) is 19.3 Å². The standard InChI is InChI=1S/C8H18O.C4H8O/c1-3-5-7-9-8-6-4-2;1-2-3-4-5/h3-8H2,1-2H3;2,5H,1,3-4H2. The van der Waals surface area contributed by atoms with Crippen LogP contribution in [0.2, 0.25) is 0 Å². The van der Waals surface area contributed by atoms with E-state index in [2.05, 4.69) is 20.4 Å². The molecule has 86 valence electrons. The van der Waals surface area contributed by atoms with E-state index in [-0.39, 0.29) is 6.61 Å². The van der Waals surface area contributed by atoms with Crippen molar-refractivity contribution in [3.8, 4) is 0 Å². The highest BCUT2D eigenvalue weighted by Gasteiger charge is 1.84. The van der Waals surface area contributed by atoms with Crippen LogP contribution in [0.3, 0.4) is 0 Å². The molecule has 0 aromatic rings. The molecule has 0 spiro atoms. The zero-order valence-corrected chi connectivity index (χ0v) is 9.80. The third-order valence-electron chi connectivity index (χ3n) is 1.62. The van der Waals surface area contributed by atoms with Crippen LogP contribution in [0.5, 0.6) is 0 Å². The Morgan fingerprint density at radius 3 is 1.86 bits per heavy atom. The monoisotopic (exact) mass is 202 g/mol. The molecule has 14 heavy (non-hydrogen) atoms. The maximum atomic E-state index is 8.00. The molecule has 0 aliphatic rings. The van der Waals surface area contributed by atoms with Crippen LogP contribution in [0.1, 0.15) is 46.0 Å². The third-order valence-corrected chi connectivity index (χ3v) is 1.62. The Labute approximate surface area is 89.0 Å². The van der Waals surface area contributed by atoms with Crippen LogP contribution in [0.4, 0.5) is 0 Å². The summed E-state index contributed by atoms with van der Waals surface area (Å²) in [6.07, 6.45) is 7.30. The molecule has 0 saturated carbocycles. The fourth-order valence-corrected chi connectivity index (χ4v) is 0.686. The van der Waals surface area contributed by atoms with Crippen LogP contribution in [0.25, 0.3) is 0 Å². The topological polar surface area (TPSA) is 29.5 Å². The highest BCUT2D eigenvalue weighted by molar-refractivity contribution is 4.63. The average molecular weight is 202 g/mol. The Bertz CT molecular complexity index is 86.3. The predicted molar refractivity (Wildman–Crippen MR) is 62.5 cm³/mol. The van der Waals surface area contributed by atoms with Gasteiger partial charge in [-0.25, -0.2) is 0 Å². The Kier molecular flexibility index (Phi) is 21.2. The molecule has 0 bridgehead atoms. The maximum absolute atomic E-state index is 8.00. The van der Waals surface area contributed by atoms with E-state index in [0.717, 1.165) is 13.2 Å². The molecule has 0 saturated heterocycles. The number of aliphatic hydroxyl groups excluding tert-OH is 1. The van der Waals surface area contributed by atoms with Crippen molar-refractivity contribution in [3.05, 3.63) is 12.7 Å². The van der Waals surface area contributed by atoms with Gasteiger partial charge in [-0.15, -0.1) is 6.58 Å². The van der Waals surface area contributed by atoms with Crippen LogP contribution >= 0.6 is 0 Å². The van der Waals surface area contributed by atoms with E-state index in [0.29, 0.717) is 6.42 Å². The Balaban J connectivity index is 0. The third kappa shape index (κ3) is 22.6. The van der Waals surface area contributed by atoms with Gasteiger partial charge in [0.1, 0.15) is 0 Å². The lowest BCUT2D eigenvalue weighted by Gasteiger charge is -1.99. The van der Waals surface area contributed by atoms with E-state index < -0.39 is 0 Å². The first-order chi connectivity index (χ1) is 6.83. The van der Waals surface area contributed by atoms with Crippen molar-refractivity contribution in [2.45, 2.75) is 46.0 Å². The van der Waals surface area contributed by atoms with Gasteiger partial charge in [-0.2, -0.15) is 0 Å². The molecule has 0 unspecified atom stereocenters. The van der Waals surface area contributed by atoms with Crippen molar-refractivity contribution >= 4 is 0 Å². The van der Waals surface area contributed by atoms with Crippen LogP contribution < -0.4 is 0 Å². The summed E-state index contributed by atoms with van der Waals surface area (Å²) < 4.78 is 5.31. The molecule has 0 heterocycles. The van der Waals surface area contributed by atoms with Gasteiger partial charge in [-0.1, -0.05) is 32.8 Å². The van der Waals surface area contributed by atoms with Gasteiger partial charge < -0.3 is 9.84 Å². The number of hydrogen-bond acceptors (Lipinski definition) is 2. The van der Waals surface area contributed by atoms with Gasteiger partial charge in [0.15, 0.2) is 0 Å². The number of ether oxygens (including phenoxy) is 1. The largest absolute Gasteiger partial charge is 0.396 e. The lowest BCUT2D eigenvalue weighted by Crippen LogP contribution is -1.95. The molecule has 0 aromatic carbocycles. The predicted octanol–water partition coefficient (Wildman–Crippen LogP) is 3.16. The van der Waals surface area contributed by atoms with E-state index in [1.807, 2.05) is 0 Å². The molecule has 2 nitrogen and oxygen atoms in total. The fourth-order valence-electron chi connectivity index (χ4n) is 0.686. The summed E-state index contributed by atoms with van der Waals surface area (Å²) in [6.45, 7) is 9.89. The van der Waals surface area contributed by atoms with Gasteiger partial charge in [0.25, 0.3) is 0 Å². The first-order valence-electron chi connectivity index (χ1n) is 5.62. The van der Waals surface area contributed by atoms with Gasteiger partial charge in [0.2, 0.25) is 0 Å². The Morgan fingerprint density at radius 2 is 1.64 bits per heavy atom. The van der Waals surface area contributed by atoms with Crippen molar-refractivity contribution in [1.29, 1.82) is 0 Å². The normalized spacial score (nSPS) is 9.07. The lowest BCUT2D eigenvalue weighted by atomic mass is 10.3. The molecule has 0 rings (SSSR count). The summed E-state index contributed by atoms with van der Waals surface area (Å²) in [5.41, 5.74) is 0. The smallest absolute Gasteiger partial charge is 0.0465 e. The zero-order valence-electron chi connectivity index (χ0n) is 9.80. The van der Waals surface area contributed by atoms with Crippen LogP contribution in [0, 0.1) is 0 Å². The van der Waals surface area contributed by atoms with E-state index >= 15 is 0 Å². The number of rotatable bonds is 8. The van der Waals surface area contributed by atoms with Crippen LogP contribution in [-0.2, 0) is 4.74 Å². The molecular weight excluding hydrogens is 176 g/mol.